The van der Waals surface area contributed by atoms with Crippen molar-refractivity contribution in [3.63, 3.8) is 0 Å². The van der Waals surface area contributed by atoms with Gasteiger partial charge in [0, 0.05) is 6.54 Å². The smallest absolute Gasteiger partial charge is 0.307 e. The summed E-state index contributed by atoms with van der Waals surface area (Å²) < 4.78 is 32.5. The van der Waals surface area contributed by atoms with E-state index in [0.29, 0.717) is 0 Å². The van der Waals surface area contributed by atoms with E-state index in [4.69, 9.17) is 4.74 Å². The molecule has 0 radical (unpaired) electrons. The van der Waals surface area contributed by atoms with E-state index in [9.17, 15) is 18.0 Å². The summed E-state index contributed by atoms with van der Waals surface area (Å²) in [5.41, 5.74) is 2.33. The van der Waals surface area contributed by atoms with Crippen LogP contribution in [0.5, 0.6) is 0 Å². The Morgan fingerprint density at radius 1 is 0.970 bits per heavy atom. The minimum absolute atomic E-state index is 0.0880. The highest BCUT2D eigenvalue weighted by molar-refractivity contribution is 7.89. The lowest BCUT2D eigenvalue weighted by molar-refractivity contribution is -0.148. The zero-order chi connectivity index (χ0) is 23.3. The largest absolute Gasteiger partial charge is 0.456 e. The standard InChI is InChI=1S/C25H26N2O5S/c28-24(27-23-11-5-9-19-7-3-4-10-22(19)23)17-32-25(29)14-15-26-33(30,31)21-13-12-18-6-1-2-8-20(18)16-21/h1-4,6-8,10,12-13,16,23,26H,5,9,11,14-15,17H2,(H,27,28). The highest BCUT2D eigenvalue weighted by Gasteiger charge is 2.22. The Balaban J connectivity index is 1.23. The predicted octanol–water partition coefficient (Wildman–Crippen LogP) is 3.25. The second-order valence-corrected chi connectivity index (χ2v) is 9.80. The Hall–Kier alpha value is -3.23. The molecule has 3 aromatic carbocycles. The number of aryl methyl sites for hydroxylation is 1. The Bertz CT molecular complexity index is 1270. The first-order valence-corrected chi connectivity index (χ1v) is 12.4. The van der Waals surface area contributed by atoms with Crippen molar-refractivity contribution in [3.05, 3.63) is 77.9 Å². The molecule has 1 aliphatic carbocycles. The van der Waals surface area contributed by atoms with Crippen molar-refractivity contribution in [2.45, 2.75) is 36.6 Å². The van der Waals surface area contributed by atoms with Gasteiger partial charge in [0.1, 0.15) is 0 Å². The van der Waals surface area contributed by atoms with Crippen molar-refractivity contribution in [3.8, 4) is 0 Å². The number of hydrogen-bond donors (Lipinski definition) is 2. The van der Waals surface area contributed by atoms with Gasteiger partial charge in [0.15, 0.2) is 6.61 Å². The van der Waals surface area contributed by atoms with Gasteiger partial charge in [0.25, 0.3) is 5.91 Å². The number of amides is 1. The first kappa shape index (κ1) is 22.9. The van der Waals surface area contributed by atoms with Gasteiger partial charge in [-0.3, -0.25) is 9.59 Å². The summed E-state index contributed by atoms with van der Waals surface area (Å²) in [4.78, 5) is 24.4. The molecular formula is C25H26N2O5S. The molecule has 7 nitrogen and oxygen atoms in total. The Labute approximate surface area is 193 Å². The first-order chi connectivity index (χ1) is 15.9. The number of benzene rings is 3. The monoisotopic (exact) mass is 466 g/mol. The number of sulfonamides is 1. The van der Waals surface area contributed by atoms with Crippen LogP contribution in [0.25, 0.3) is 10.8 Å². The van der Waals surface area contributed by atoms with E-state index in [-0.39, 0.29) is 29.8 Å². The van der Waals surface area contributed by atoms with Crippen LogP contribution in [0, 0.1) is 0 Å². The topological polar surface area (TPSA) is 102 Å². The van der Waals surface area contributed by atoms with E-state index >= 15 is 0 Å². The summed E-state index contributed by atoms with van der Waals surface area (Å²) >= 11 is 0. The van der Waals surface area contributed by atoms with Gasteiger partial charge in [-0.1, -0.05) is 54.6 Å². The van der Waals surface area contributed by atoms with Crippen LogP contribution in [-0.2, 0) is 30.8 Å². The molecule has 1 aliphatic rings. The molecule has 1 atom stereocenters. The fourth-order valence-electron chi connectivity index (χ4n) is 4.06. The number of rotatable bonds is 8. The molecule has 1 amide bonds. The van der Waals surface area contributed by atoms with Gasteiger partial charge < -0.3 is 10.1 Å². The number of carbonyl (C=O) groups excluding carboxylic acids is 2. The molecule has 1 unspecified atom stereocenters. The van der Waals surface area contributed by atoms with Gasteiger partial charge in [0.2, 0.25) is 10.0 Å². The molecule has 0 bridgehead atoms. The van der Waals surface area contributed by atoms with Crippen molar-refractivity contribution in [1.29, 1.82) is 0 Å². The minimum atomic E-state index is -3.76. The van der Waals surface area contributed by atoms with Crippen LogP contribution in [-0.4, -0.2) is 33.4 Å². The average molecular weight is 467 g/mol. The van der Waals surface area contributed by atoms with Gasteiger partial charge in [-0.05, 0) is 53.3 Å². The van der Waals surface area contributed by atoms with Crippen LogP contribution in [0.15, 0.2) is 71.6 Å². The Morgan fingerprint density at radius 3 is 2.58 bits per heavy atom. The van der Waals surface area contributed by atoms with Crippen molar-refractivity contribution >= 4 is 32.7 Å². The lowest BCUT2D eigenvalue weighted by Gasteiger charge is -2.26. The summed E-state index contributed by atoms with van der Waals surface area (Å²) in [6.45, 7) is -0.513. The molecule has 0 aliphatic heterocycles. The molecule has 4 rings (SSSR count). The summed E-state index contributed by atoms with van der Waals surface area (Å²) in [5, 5.41) is 4.67. The highest BCUT2D eigenvalue weighted by Crippen LogP contribution is 2.29. The molecule has 2 N–H and O–H groups in total. The normalized spacial score (nSPS) is 15.6. The highest BCUT2D eigenvalue weighted by atomic mass is 32.2. The second kappa shape index (κ2) is 10.1. The maximum atomic E-state index is 12.5. The number of carbonyl (C=O) groups is 2. The van der Waals surface area contributed by atoms with Gasteiger partial charge in [-0.15, -0.1) is 0 Å². The number of fused-ring (bicyclic) bond motifs is 2. The lowest BCUT2D eigenvalue weighted by atomic mass is 9.88. The summed E-state index contributed by atoms with van der Waals surface area (Å²) in [7, 11) is -3.76. The zero-order valence-corrected chi connectivity index (χ0v) is 18.9. The van der Waals surface area contributed by atoms with Crippen molar-refractivity contribution in [2.24, 2.45) is 0 Å². The number of hydrogen-bond acceptors (Lipinski definition) is 5. The maximum absolute atomic E-state index is 12.5. The van der Waals surface area contributed by atoms with E-state index in [1.807, 2.05) is 42.5 Å². The Kier molecular flexibility index (Phi) is 7.05. The number of esters is 1. The average Bonchev–Trinajstić information content (AvgIpc) is 2.82. The molecule has 33 heavy (non-hydrogen) atoms. The van der Waals surface area contributed by atoms with E-state index in [2.05, 4.69) is 16.1 Å². The predicted molar refractivity (Wildman–Crippen MR) is 125 cm³/mol. The molecule has 172 valence electrons. The molecular weight excluding hydrogens is 440 g/mol. The van der Waals surface area contributed by atoms with Crippen LogP contribution in [0.3, 0.4) is 0 Å². The van der Waals surface area contributed by atoms with E-state index in [0.717, 1.165) is 35.6 Å². The fraction of sp³-hybridized carbons (Fsp3) is 0.280. The Morgan fingerprint density at radius 2 is 1.73 bits per heavy atom. The molecule has 0 heterocycles. The van der Waals surface area contributed by atoms with Crippen molar-refractivity contribution in [2.75, 3.05) is 13.2 Å². The SMILES string of the molecule is O=C(COC(=O)CCNS(=O)(=O)c1ccc2ccccc2c1)NC1CCCc2ccccc21. The third-order valence-corrected chi connectivity index (χ3v) is 7.18. The van der Waals surface area contributed by atoms with E-state index in [1.165, 1.54) is 11.6 Å². The van der Waals surface area contributed by atoms with Crippen LogP contribution >= 0.6 is 0 Å². The molecule has 3 aromatic rings. The van der Waals surface area contributed by atoms with Crippen molar-refractivity contribution < 1.29 is 22.7 Å². The molecule has 0 fully saturated rings. The first-order valence-electron chi connectivity index (χ1n) is 10.9. The van der Waals surface area contributed by atoms with Gasteiger partial charge in [-0.25, -0.2) is 13.1 Å². The number of nitrogens with one attached hydrogen (secondary N) is 2. The van der Waals surface area contributed by atoms with Crippen LogP contribution in [0.2, 0.25) is 0 Å². The molecule has 0 saturated carbocycles. The van der Waals surface area contributed by atoms with Gasteiger partial charge in [0.05, 0.1) is 17.4 Å². The summed E-state index contributed by atoms with van der Waals surface area (Å²) in [6, 6.07) is 20.2. The lowest BCUT2D eigenvalue weighted by Crippen LogP contribution is -2.34. The molecule has 0 spiro atoms. The third-order valence-electron chi connectivity index (χ3n) is 5.72. The quantitative estimate of drug-likeness (QED) is 0.496. The molecule has 0 aromatic heterocycles. The maximum Gasteiger partial charge on any atom is 0.307 e. The fourth-order valence-corrected chi connectivity index (χ4v) is 5.13. The summed E-state index contributed by atoms with van der Waals surface area (Å²) in [5.74, 6) is -1.02. The van der Waals surface area contributed by atoms with E-state index in [1.54, 1.807) is 12.1 Å². The third kappa shape index (κ3) is 5.77. The molecule has 8 heteroatoms. The van der Waals surface area contributed by atoms with Crippen molar-refractivity contribution in [1.82, 2.24) is 10.0 Å². The number of ether oxygens (including phenoxy) is 1. The zero-order valence-electron chi connectivity index (χ0n) is 18.1. The van der Waals surface area contributed by atoms with Gasteiger partial charge in [-0.2, -0.15) is 0 Å². The minimum Gasteiger partial charge on any atom is -0.456 e. The second-order valence-electron chi connectivity index (χ2n) is 8.03. The summed E-state index contributed by atoms with van der Waals surface area (Å²) in [6.07, 6.45) is 2.64. The van der Waals surface area contributed by atoms with Gasteiger partial charge >= 0.3 is 5.97 Å². The van der Waals surface area contributed by atoms with Crippen LogP contribution in [0.4, 0.5) is 0 Å². The van der Waals surface area contributed by atoms with Crippen LogP contribution in [0.1, 0.15) is 36.4 Å². The molecule has 0 saturated heterocycles. The van der Waals surface area contributed by atoms with E-state index < -0.39 is 22.6 Å². The van der Waals surface area contributed by atoms with Crippen LogP contribution < -0.4 is 10.0 Å².